The van der Waals surface area contributed by atoms with Crippen LogP contribution in [0.2, 0.25) is 0 Å². The summed E-state index contributed by atoms with van der Waals surface area (Å²) in [4.78, 5) is 14.4. The standard InChI is InChI=1S/C19H22FN3O2/c20-16-5-3-4-15(14-16)8-9-21-19(24)22-17-6-1-2-7-18(17)23-10-12-25-13-11-23/h1-7,14H,8-13H2,(H2,21,22,24). The molecular weight excluding hydrogens is 321 g/mol. The number of ether oxygens (including phenoxy) is 1. The number of nitrogens with zero attached hydrogens (tertiary/aromatic N) is 1. The summed E-state index contributed by atoms with van der Waals surface area (Å²) in [6.45, 7) is 3.43. The van der Waals surface area contributed by atoms with Crippen molar-refractivity contribution in [3.05, 3.63) is 59.9 Å². The highest BCUT2D eigenvalue weighted by molar-refractivity contribution is 5.93. The lowest BCUT2D eigenvalue weighted by Crippen LogP contribution is -2.37. The van der Waals surface area contributed by atoms with Crippen molar-refractivity contribution in [3.63, 3.8) is 0 Å². The molecule has 0 unspecified atom stereocenters. The molecule has 2 N–H and O–H groups in total. The number of hydrogen-bond acceptors (Lipinski definition) is 3. The Kier molecular flexibility index (Phi) is 5.85. The molecule has 0 bridgehead atoms. The topological polar surface area (TPSA) is 53.6 Å². The molecule has 0 aliphatic carbocycles. The first kappa shape index (κ1) is 17.2. The molecule has 132 valence electrons. The zero-order valence-corrected chi connectivity index (χ0v) is 14.0. The minimum atomic E-state index is -0.267. The monoisotopic (exact) mass is 343 g/mol. The Hall–Kier alpha value is -2.60. The predicted octanol–water partition coefficient (Wildman–Crippen LogP) is 3.03. The average Bonchev–Trinajstić information content (AvgIpc) is 2.63. The van der Waals surface area contributed by atoms with Crippen LogP contribution in [0, 0.1) is 5.82 Å². The summed E-state index contributed by atoms with van der Waals surface area (Å²) in [5, 5.41) is 5.71. The van der Waals surface area contributed by atoms with Gasteiger partial charge in [0.2, 0.25) is 0 Å². The van der Waals surface area contributed by atoms with Crippen molar-refractivity contribution in [2.75, 3.05) is 43.1 Å². The molecule has 0 radical (unpaired) electrons. The Morgan fingerprint density at radius 1 is 1.12 bits per heavy atom. The molecule has 6 heteroatoms. The molecule has 5 nitrogen and oxygen atoms in total. The molecule has 0 spiro atoms. The summed E-state index contributed by atoms with van der Waals surface area (Å²) >= 11 is 0. The summed E-state index contributed by atoms with van der Waals surface area (Å²) in [5.74, 6) is -0.263. The number of hydrogen-bond donors (Lipinski definition) is 2. The maximum atomic E-state index is 13.1. The first-order valence-corrected chi connectivity index (χ1v) is 8.43. The number of carbonyl (C=O) groups excluding carboxylic acids is 1. The van der Waals surface area contributed by atoms with Crippen molar-refractivity contribution in [1.82, 2.24) is 5.32 Å². The van der Waals surface area contributed by atoms with E-state index in [1.54, 1.807) is 6.07 Å². The molecule has 1 aliphatic rings. The van der Waals surface area contributed by atoms with Crippen LogP contribution in [0.3, 0.4) is 0 Å². The van der Waals surface area contributed by atoms with Crippen molar-refractivity contribution >= 4 is 17.4 Å². The van der Waals surface area contributed by atoms with Gasteiger partial charge in [-0.3, -0.25) is 0 Å². The molecule has 1 fully saturated rings. The number of benzene rings is 2. The Bertz CT molecular complexity index is 717. The van der Waals surface area contributed by atoms with E-state index < -0.39 is 0 Å². The van der Waals surface area contributed by atoms with Gasteiger partial charge in [-0.2, -0.15) is 0 Å². The van der Waals surface area contributed by atoms with E-state index >= 15 is 0 Å². The number of rotatable bonds is 5. The Morgan fingerprint density at radius 3 is 2.72 bits per heavy atom. The van der Waals surface area contributed by atoms with Crippen LogP contribution >= 0.6 is 0 Å². The minimum absolute atomic E-state index is 0.263. The fourth-order valence-corrected chi connectivity index (χ4v) is 2.84. The number of carbonyl (C=O) groups is 1. The zero-order chi connectivity index (χ0) is 17.5. The van der Waals surface area contributed by atoms with Crippen LogP contribution < -0.4 is 15.5 Å². The molecule has 2 amide bonds. The summed E-state index contributed by atoms with van der Waals surface area (Å²) in [6.07, 6.45) is 0.580. The van der Waals surface area contributed by atoms with Crippen molar-refractivity contribution in [1.29, 1.82) is 0 Å². The van der Waals surface area contributed by atoms with Crippen LogP contribution in [0.1, 0.15) is 5.56 Å². The highest BCUT2D eigenvalue weighted by Gasteiger charge is 2.15. The van der Waals surface area contributed by atoms with E-state index in [9.17, 15) is 9.18 Å². The molecule has 0 saturated carbocycles. The van der Waals surface area contributed by atoms with Crippen LogP contribution in [0.5, 0.6) is 0 Å². The molecule has 1 heterocycles. The van der Waals surface area contributed by atoms with Gasteiger partial charge in [-0.1, -0.05) is 24.3 Å². The molecule has 0 aromatic heterocycles. The fraction of sp³-hybridized carbons (Fsp3) is 0.316. The molecule has 3 rings (SSSR count). The number of anilines is 2. The zero-order valence-electron chi connectivity index (χ0n) is 14.0. The molecule has 2 aromatic rings. The molecule has 0 atom stereocenters. The first-order chi connectivity index (χ1) is 12.2. The van der Waals surface area contributed by atoms with Crippen LogP contribution in [-0.2, 0) is 11.2 Å². The highest BCUT2D eigenvalue weighted by Crippen LogP contribution is 2.26. The smallest absolute Gasteiger partial charge is 0.319 e. The highest BCUT2D eigenvalue weighted by atomic mass is 19.1. The summed E-state index contributed by atoms with van der Waals surface area (Å²) in [7, 11) is 0. The van der Waals surface area contributed by atoms with Gasteiger partial charge >= 0.3 is 6.03 Å². The lowest BCUT2D eigenvalue weighted by Gasteiger charge is -2.30. The third kappa shape index (κ3) is 4.93. The Balaban J connectivity index is 1.54. The predicted molar refractivity (Wildman–Crippen MR) is 96.6 cm³/mol. The van der Waals surface area contributed by atoms with Crippen molar-refractivity contribution in [2.45, 2.75) is 6.42 Å². The normalized spacial score (nSPS) is 14.2. The number of morpholine rings is 1. The lowest BCUT2D eigenvalue weighted by molar-refractivity contribution is 0.123. The van der Waals surface area contributed by atoms with E-state index in [1.807, 2.05) is 30.3 Å². The number of urea groups is 1. The molecule has 25 heavy (non-hydrogen) atoms. The van der Waals surface area contributed by atoms with Crippen molar-refractivity contribution in [3.8, 4) is 0 Å². The number of nitrogens with one attached hydrogen (secondary N) is 2. The van der Waals surface area contributed by atoms with Crippen LogP contribution in [0.15, 0.2) is 48.5 Å². The second-order valence-electron chi connectivity index (χ2n) is 5.88. The molecule has 2 aromatic carbocycles. The third-order valence-electron chi connectivity index (χ3n) is 4.09. The summed E-state index contributed by atoms with van der Waals surface area (Å²) in [5.41, 5.74) is 2.62. The Labute approximate surface area is 146 Å². The van der Waals surface area contributed by atoms with E-state index in [1.165, 1.54) is 12.1 Å². The molecule has 1 saturated heterocycles. The van der Waals surface area contributed by atoms with E-state index in [0.29, 0.717) is 26.2 Å². The summed E-state index contributed by atoms with van der Waals surface area (Å²) < 4.78 is 18.5. The number of amides is 2. The van der Waals surface area contributed by atoms with E-state index in [-0.39, 0.29) is 11.8 Å². The lowest BCUT2D eigenvalue weighted by atomic mass is 10.1. The maximum absolute atomic E-state index is 13.1. The van der Waals surface area contributed by atoms with Gasteiger partial charge < -0.3 is 20.3 Å². The van der Waals surface area contributed by atoms with Crippen molar-refractivity contribution in [2.24, 2.45) is 0 Å². The first-order valence-electron chi connectivity index (χ1n) is 8.43. The maximum Gasteiger partial charge on any atom is 0.319 e. The number of para-hydroxylation sites is 2. The van der Waals surface area contributed by atoms with Gasteiger partial charge in [0, 0.05) is 19.6 Å². The van der Waals surface area contributed by atoms with Crippen LogP contribution in [-0.4, -0.2) is 38.9 Å². The second kappa shape index (κ2) is 8.48. The van der Waals surface area contributed by atoms with Gasteiger partial charge in [-0.25, -0.2) is 9.18 Å². The third-order valence-corrected chi connectivity index (χ3v) is 4.09. The molecular formula is C19H22FN3O2. The van der Waals surface area contributed by atoms with Gasteiger partial charge in [-0.05, 0) is 36.2 Å². The van der Waals surface area contributed by atoms with Gasteiger partial charge in [-0.15, -0.1) is 0 Å². The number of halogens is 1. The fourth-order valence-electron chi connectivity index (χ4n) is 2.84. The van der Waals surface area contributed by atoms with E-state index in [4.69, 9.17) is 4.74 Å². The Morgan fingerprint density at radius 2 is 1.92 bits per heavy atom. The second-order valence-corrected chi connectivity index (χ2v) is 5.88. The summed E-state index contributed by atoms with van der Waals surface area (Å²) in [6, 6.07) is 13.9. The quantitative estimate of drug-likeness (QED) is 0.877. The SMILES string of the molecule is O=C(NCCc1cccc(F)c1)Nc1ccccc1N1CCOCC1. The van der Waals surface area contributed by atoms with Crippen LogP contribution in [0.4, 0.5) is 20.6 Å². The van der Waals surface area contributed by atoms with Crippen LogP contribution in [0.25, 0.3) is 0 Å². The van der Waals surface area contributed by atoms with Gasteiger partial charge in [0.25, 0.3) is 0 Å². The minimum Gasteiger partial charge on any atom is -0.378 e. The largest absolute Gasteiger partial charge is 0.378 e. The van der Waals surface area contributed by atoms with Crippen molar-refractivity contribution < 1.29 is 13.9 Å². The van der Waals surface area contributed by atoms with E-state index in [0.717, 1.165) is 30.0 Å². The van der Waals surface area contributed by atoms with Gasteiger partial charge in [0.15, 0.2) is 0 Å². The molecule has 1 aliphatic heterocycles. The van der Waals surface area contributed by atoms with E-state index in [2.05, 4.69) is 15.5 Å². The average molecular weight is 343 g/mol. The van der Waals surface area contributed by atoms with Gasteiger partial charge in [0.05, 0.1) is 24.6 Å². The van der Waals surface area contributed by atoms with Gasteiger partial charge in [0.1, 0.15) is 5.82 Å².